The van der Waals surface area contributed by atoms with Crippen LogP contribution in [0.5, 0.6) is 5.75 Å². The number of aromatic hydroxyl groups is 1. The van der Waals surface area contributed by atoms with E-state index in [0.29, 0.717) is 0 Å². The van der Waals surface area contributed by atoms with Crippen molar-refractivity contribution in [2.45, 2.75) is 13.0 Å². The van der Waals surface area contributed by atoms with Crippen LogP contribution in [0.3, 0.4) is 0 Å². The average molecular weight is 201 g/mol. The van der Waals surface area contributed by atoms with Crippen LogP contribution in [0.4, 0.5) is 5.69 Å². The molecule has 0 saturated heterocycles. The monoisotopic (exact) mass is 201 g/mol. The maximum atomic E-state index is 9.41. The van der Waals surface area contributed by atoms with E-state index < -0.39 is 0 Å². The summed E-state index contributed by atoms with van der Waals surface area (Å²) in [6, 6.07) is 5.51. The van der Waals surface area contributed by atoms with Crippen LogP contribution in [-0.2, 0) is 0 Å². The molecule has 0 fully saturated rings. The summed E-state index contributed by atoms with van der Waals surface area (Å²) in [5.74, 6) is 0.275. The third-order valence-electron chi connectivity index (χ3n) is 2.72. The largest absolute Gasteiger partial charge is 0.508 e. The number of fused-ring (bicyclic) bond motifs is 3. The smallest absolute Gasteiger partial charge is 0.117 e. The van der Waals surface area contributed by atoms with Crippen molar-refractivity contribution >= 4 is 5.69 Å². The molecule has 1 aromatic carbocycles. The van der Waals surface area contributed by atoms with Gasteiger partial charge in [-0.2, -0.15) is 0 Å². The molecule has 0 radical (unpaired) electrons. The van der Waals surface area contributed by atoms with Gasteiger partial charge < -0.3 is 10.4 Å². The molecule has 1 atom stereocenters. The van der Waals surface area contributed by atoms with E-state index in [4.69, 9.17) is 0 Å². The quantitative estimate of drug-likeness (QED) is 0.686. The first-order valence-electron chi connectivity index (χ1n) is 4.88. The Bertz CT molecular complexity index is 518. The van der Waals surface area contributed by atoms with E-state index in [0.717, 1.165) is 17.1 Å². The van der Waals surface area contributed by atoms with Crippen molar-refractivity contribution in [1.29, 1.82) is 0 Å². The summed E-state index contributed by atoms with van der Waals surface area (Å²) >= 11 is 0. The van der Waals surface area contributed by atoms with Gasteiger partial charge in [-0.15, -0.1) is 0 Å². The molecule has 2 aromatic rings. The molecule has 1 aliphatic heterocycles. The summed E-state index contributed by atoms with van der Waals surface area (Å²) in [6.45, 7) is 2.07. The highest BCUT2D eigenvalue weighted by Gasteiger charge is 2.20. The van der Waals surface area contributed by atoms with Crippen LogP contribution in [0.15, 0.2) is 30.7 Å². The predicted molar refractivity (Wildman–Crippen MR) is 57.3 cm³/mol. The highest BCUT2D eigenvalue weighted by atomic mass is 16.3. The number of benzene rings is 1. The van der Waals surface area contributed by atoms with Crippen LogP contribution in [0.25, 0.3) is 5.69 Å². The number of anilines is 1. The summed E-state index contributed by atoms with van der Waals surface area (Å²) in [5, 5.41) is 12.7. The Labute approximate surface area is 87.2 Å². The van der Waals surface area contributed by atoms with E-state index in [9.17, 15) is 5.11 Å². The number of nitrogens with zero attached hydrogens (tertiary/aromatic N) is 2. The molecule has 0 aliphatic carbocycles. The van der Waals surface area contributed by atoms with Gasteiger partial charge in [-0.05, 0) is 19.1 Å². The van der Waals surface area contributed by atoms with E-state index >= 15 is 0 Å². The minimum Gasteiger partial charge on any atom is -0.508 e. The van der Waals surface area contributed by atoms with E-state index in [2.05, 4.69) is 17.2 Å². The summed E-state index contributed by atoms with van der Waals surface area (Å²) in [7, 11) is 0. The summed E-state index contributed by atoms with van der Waals surface area (Å²) < 4.78 is 2.04. The molecule has 76 valence electrons. The minimum absolute atomic E-state index is 0.210. The lowest BCUT2D eigenvalue weighted by atomic mass is 10.1. The molecule has 0 unspecified atom stereocenters. The third kappa shape index (κ3) is 1.11. The van der Waals surface area contributed by atoms with Gasteiger partial charge in [0.05, 0.1) is 35.6 Å². The fraction of sp³-hybridized carbons (Fsp3) is 0.182. The Morgan fingerprint density at radius 3 is 3.20 bits per heavy atom. The van der Waals surface area contributed by atoms with E-state index in [1.165, 1.54) is 0 Å². The van der Waals surface area contributed by atoms with Gasteiger partial charge in [0.2, 0.25) is 0 Å². The van der Waals surface area contributed by atoms with E-state index in [1.54, 1.807) is 18.5 Å². The minimum atomic E-state index is 0.210. The molecular formula is C11H11N3O. The summed E-state index contributed by atoms with van der Waals surface area (Å²) in [6.07, 6.45) is 3.65. The number of phenolic OH excluding ortho intramolecular Hbond substituents is 1. The van der Waals surface area contributed by atoms with Crippen molar-refractivity contribution < 1.29 is 5.11 Å². The number of hydrogen-bond donors (Lipinski definition) is 2. The maximum Gasteiger partial charge on any atom is 0.117 e. The van der Waals surface area contributed by atoms with Crippen molar-refractivity contribution in [2.75, 3.05) is 5.32 Å². The lowest BCUT2D eigenvalue weighted by Gasteiger charge is -2.26. The molecule has 0 saturated carbocycles. The number of rotatable bonds is 0. The standard InChI is InChI=1S/C11H11N3O/c1-7-11-5-12-6-14(11)10-3-2-8(15)4-9(10)13-7/h2-7,13,15H,1H3/t7-/m0/s1. The van der Waals surface area contributed by atoms with Crippen LogP contribution < -0.4 is 5.32 Å². The zero-order chi connectivity index (χ0) is 10.4. The van der Waals surface area contributed by atoms with Crippen molar-refractivity contribution in [3.63, 3.8) is 0 Å². The fourth-order valence-electron chi connectivity index (χ4n) is 1.98. The lowest BCUT2D eigenvalue weighted by molar-refractivity contribution is 0.475. The second-order valence-corrected chi connectivity index (χ2v) is 3.76. The van der Waals surface area contributed by atoms with Crippen LogP contribution >= 0.6 is 0 Å². The molecule has 4 nitrogen and oxygen atoms in total. The summed E-state index contributed by atoms with van der Waals surface area (Å²) in [4.78, 5) is 4.14. The highest BCUT2D eigenvalue weighted by molar-refractivity contribution is 5.67. The van der Waals surface area contributed by atoms with Crippen LogP contribution in [-0.4, -0.2) is 14.7 Å². The summed E-state index contributed by atoms with van der Waals surface area (Å²) in [5.41, 5.74) is 3.10. The number of phenols is 1. The fourth-order valence-corrected chi connectivity index (χ4v) is 1.98. The number of imidazole rings is 1. The zero-order valence-electron chi connectivity index (χ0n) is 8.31. The van der Waals surface area contributed by atoms with Crippen LogP contribution in [0.2, 0.25) is 0 Å². The Balaban J connectivity index is 2.27. The Morgan fingerprint density at radius 2 is 2.33 bits per heavy atom. The topological polar surface area (TPSA) is 50.1 Å². The van der Waals surface area contributed by atoms with Crippen molar-refractivity contribution in [2.24, 2.45) is 0 Å². The normalized spacial score (nSPS) is 17.8. The maximum absolute atomic E-state index is 9.41. The van der Waals surface area contributed by atoms with Gasteiger partial charge in [-0.25, -0.2) is 4.98 Å². The van der Waals surface area contributed by atoms with Gasteiger partial charge in [-0.3, -0.25) is 4.57 Å². The Morgan fingerprint density at radius 1 is 1.47 bits per heavy atom. The van der Waals surface area contributed by atoms with Crippen molar-refractivity contribution in [1.82, 2.24) is 9.55 Å². The average Bonchev–Trinajstić information content (AvgIpc) is 2.66. The Kier molecular flexibility index (Phi) is 1.54. The SMILES string of the molecule is C[C@@H]1Nc2cc(O)ccc2-n2cncc21. The van der Waals surface area contributed by atoms with Gasteiger partial charge in [0.25, 0.3) is 0 Å². The molecule has 0 spiro atoms. The van der Waals surface area contributed by atoms with E-state index in [1.807, 2.05) is 16.8 Å². The lowest BCUT2D eigenvalue weighted by Crippen LogP contribution is -2.18. The number of nitrogens with one attached hydrogen (secondary N) is 1. The van der Waals surface area contributed by atoms with Gasteiger partial charge >= 0.3 is 0 Å². The van der Waals surface area contributed by atoms with Crippen molar-refractivity contribution in [3.8, 4) is 11.4 Å². The molecule has 3 rings (SSSR count). The molecule has 15 heavy (non-hydrogen) atoms. The first-order valence-corrected chi connectivity index (χ1v) is 4.88. The van der Waals surface area contributed by atoms with Gasteiger partial charge in [0.1, 0.15) is 5.75 Å². The molecule has 1 aliphatic rings. The highest BCUT2D eigenvalue weighted by Crippen LogP contribution is 2.34. The zero-order valence-corrected chi connectivity index (χ0v) is 8.31. The first kappa shape index (κ1) is 8.35. The number of hydrogen-bond acceptors (Lipinski definition) is 3. The third-order valence-corrected chi connectivity index (χ3v) is 2.72. The molecule has 1 aromatic heterocycles. The van der Waals surface area contributed by atoms with Gasteiger partial charge in [-0.1, -0.05) is 0 Å². The Hall–Kier alpha value is -1.97. The van der Waals surface area contributed by atoms with Gasteiger partial charge in [0, 0.05) is 6.07 Å². The first-order chi connectivity index (χ1) is 7.25. The molecule has 0 bridgehead atoms. The van der Waals surface area contributed by atoms with Gasteiger partial charge in [0.15, 0.2) is 0 Å². The molecule has 4 heteroatoms. The van der Waals surface area contributed by atoms with Crippen LogP contribution in [0.1, 0.15) is 18.7 Å². The molecule has 2 heterocycles. The molecule has 2 N–H and O–H groups in total. The molecular weight excluding hydrogens is 190 g/mol. The van der Waals surface area contributed by atoms with Crippen molar-refractivity contribution in [3.05, 3.63) is 36.4 Å². The second kappa shape index (κ2) is 2.76. The predicted octanol–water partition coefficient (Wildman–Crippen LogP) is 2.06. The second-order valence-electron chi connectivity index (χ2n) is 3.76. The number of aromatic nitrogens is 2. The molecule has 0 amide bonds. The van der Waals surface area contributed by atoms with Crippen LogP contribution in [0, 0.1) is 0 Å². The van der Waals surface area contributed by atoms with E-state index in [-0.39, 0.29) is 11.8 Å².